The highest BCUT2D eigenvalue weighted by Crippen LogP contribution is 2.22. The van der Waals surface area contributed by atoms with Crippen LogP contribution in [0.25, 0.3) is 0 Å². The Bertz CT molecular complexity index is 296. The van der Waals surface area contributed by atoms with Crippen LogP contribution in [-0.4, -0.2) is 18.8 Å². The molecule has 0 bridgehead atoms. The van der Waals surface area contributed by atoms with Crippen LogP contribution in [0.5, 0.6) is 0 Å². The zero-order chi connectivity index (χ0) is 10.6. The molecule has 1 atom stereocenters. The van der Waals surface area contributed by atoms with Crippen LogP contribution in [-0.2, 0) is 0 Å². The van der Waals surface area contributed by atoms with Crippen molar-refractivity contribution in [2.75, 3.05) is 13.7 Å². The summed E-state index contributed by atoms with van der Waals surface area (Å²) in [4.78, 5) is 0. The molecular formula is C12H19NO. The highest BCUT2D eigenvalue weighted by molar-refractivity contribution is 5.35. The summed E-state index contributed by atoms with van der Waals surface area (Å²) >= 11 is 0. The third kappa shape index (κ3) is 2.34. The second kappa shape index (κ2) is 5.13. The van der Waals surface area contributed by atoms with Gasteiger partial charge in [-0.05, 0) is 44.0 Å². The molecule has 2 N–H and O–H groups in total. The minimum Gasteiger partial charge on any atom is -0.396 e. The maximum absolute atomic E-state index is 8.95. The highest BCUT2D eigenvalue weighted by Gasteiger charge is 2.11. The number of aliphatic hydroxyl groups is 1. The van der Waals surface area contributed by atoms with Crippen LogP contribution in [0, 0.1) is 13.8 Å². The number of benzene rings is 1. The molecular weight excluding hydrogens is 174 g/mol. The first-order valence-corrected chi connectivity index (χ1v) is 5.05. The topological polar surface area (TPSA) is 32.3 Å². The summed E-state index contributed by atoms with van der Waals surface area (Å²) < 4.78 is 0. The first kappa shape index (κ1) is 11.2. The zero-order valence-corrected chi connectivity index (χ0v) is 9.17. The molecule has 0 amide bonds. The maximum atomic E-state index is 8.95. The molecule has 0 heterocycles. The summed E-state index contributed by atoms with van der Waals surface area (Å²) in [5.74, 6) is 0. The fourth-order valence-electron chi connectivity index (χ4n) is 1.74. The van der Waals surface area contributed by atoms with Gasteiger partial charge in [0.15, 0.2) is 0 Å². The molecule has 0 aliphatic heterocycles. The number of nitrogens with one attached hydrogen (secondary N) is 1. The van der Waals surface area contributed by atoms with Gasteiger partial charge in [-0.1, -0.05) is 18.2 Å². The molecule has 0 saturated heterocycles. The van der Waals surface area contributed by atoms with Gasteiger partial charge in [-0.15, -0.1) is 0 Å². The second-order valence-electron chi connectivity index (χ2n) is 3.64. The van der Waals surface area contributed by atoms with Gasteiger partial charge in [0, 0.05) is 12.6 Å². The van der Waals surface area contributed by atoms with E-state index in [0.29, 0.717) is 0 Å². The summed E-state index contributed by atoms with van der Waals surface area (Å²) in [6.45, 7) is 4.47. The van der Waals surface area contributed by atoms with Crippen LogP contribution in [0.2, 0.25) is 0 Å². The summed E-state index contributed by atoms with van der Waals surface area (Å²) in [6, 6.07) is 6.57. The summed E-state index contributed by atoms with van der Waals surface area (Å²) in [5, 5.41) is 12.2. The summed E-state index contributed by atoms with van der Waals surface area (Å²) in [7, 11) is 1.93. The lowest BCUT2D eigenvalue weighted by molar-refractivity contribution is 0.268. The molecule has 1 aromatic carbocycles. The van der Waals surface area contributed by atoms with Crippen molar-refractivity contribution in [3.8, 4) is 0 Å². The van der Waals surface area contributed by atoms with Gasteiger partial charge >= 0.3 is 0 Å². The first-order valence-electron chi connectivity index (χ1n) is 5.05. The Hall–Kier alpha value is -0.860. The molecule has 1 aromatic rings. The Morgan fingerprint density at radius 1 is 1.36 bits per heavy atom. The smallest absolute Gasteiger partial charge is 0.0449 e. The minimum atomic E-state index is 0.221. The summed E-state index contributed by atoms with van der Waals surface area (Å²) in [5.41, 5.74) is 3.92. The molecule has 2 nitrogen and oxygen atoms in total. The van der Waals surface area contributed by atoms with Crippen LogP contribution >= 0.6 is 0 Å². The Balaban J connectivity index is 2.97. The van der Waals surface area contributed by atoms with Crippen LogP contribution in [0.3, 0.4) is 0 Å². The van der Waals surface area contributed by atoms with Crippen LogP contribution in [0.4, 0.5) is 0 Å². The van der Waals surface area contributed by atoms with E-state index in [1.165, 1.54) is 16.7 Å². The third-order valence-electron chi connectivity index (χ3n) is 2.79. The zero-order valence-electron chi connectivity index (χ0n) is 9.17. The van der Waals surface area contributed by atoms with E-state index in [1.54, 1.807) is 0 Å². The van der Waals surface area contributed by atoms with E-state index in [4.69, 9.17) is 5.11 Å². The van der Waals surface area contributed by atoms with Crippen molar-refractivity contribution in [3.05, 3.63) is 34.9 Å². The molecule has 14 heavy (non-hydrogen) atoms. The monoisotopic (exact) mass is 193 g/mol. The molecule has 0 radical (unpaired) electrons. The predicted molar refractivity (Wildman–Crippen MR) is 59.4 cm³/mol. The molecule has 0 spiro atoms. The van der Waals surface area contributed by atoms with Gasteiger partial charge < -0.3 is 10.4 Å². The van der Waals surface area contributed by atoms with Crippen molar-refractivity contribution in [2.45, 2.75) is 26.3 Å². The molecule has 1 unspecified atom stereocenters. The molecule has 0 aliphatic rings. The van der Waals surface area contributed by atoms with E-state index < -0.39 is 0 Å². The van der Waals surface area contributed by atoms with Gasteiger partial charge in [0.1, 0.15) is 0 Å². The standard InChI is InChI=1S/C12H19NO/c1-9-5-4-6-11(10(9)2)12(13-3)7-8-14/h4-6,12-14H,7-8H2,1-3H3. The lowest BCUT2D eigenvalue weighted by Crippen LogP contribution is -2.18. The van der Waals surface area contributed by atoms with E-state index in [-0.39, 0.29) is 12.6 Å². The number of hydrogen-bond donors (Lipinski definition) is 2. The van der Waals surface area contributed by atoms with E-state index in [1.807, 2.05) is 7.05 Å². The Labute approximate surface area is 86.0 Å². The molecule has 0 aromatic heterocycles. The molecule has 1 rings (SSSR count). The second-order valence-corrected chi connectivity index (χ2v) is 3.64. The average Bonchev–Trinajstić information content (AvgIpc) is 2.19. The van der Waals surface area contributed by atoms with Gasteiger partial charge in [-0.2, -0.15) is 0 Å². The quantitative estimate of drug-likeness (QED) is 0.766. The lowest BCUT2D eigenvalue weighted by Gasteiger charge is -2.18. The maximum Gasteiger partial charge on any atom is 0.0449 e. The van der Waals surface area contributed by atoms with Crippen molar-refractivity contribution in [3.63, 3.8) is 0 Å². The largest absolute Gasteiger partial charge is 0.396 e. The van der Waals surface area contributed by atoms with Gasteiger partial charge in [-0.3, -0.25) is 0 Å². The van der Waals surface area contributed by atoms with E-state index in [9.17, 15) is 0 Å². The summed E-state index contributed by atoms with van der Waals surface area (Å²) in [6.07, 6.45) is 0.765. The normalized spacial score (nSPS) is 12.9. The van der Waals surface area contributed by atoms with Gasteiger partial charge in [0.25, 0.3) is 0 Å². The van der Waals surface area contributed by atoms with Crippen LogP contribution in [0.1, 0.15) is 29.2 Å². The van der Waals surface area contributed by atoms with Crippen molar-refractivity contribution in [2.24, 2.45) is 0 Å². The third-order valence-corrected chi connectivity index (χ3v) is 2.79. The van der Waals surface area contributed by atoms with Crippen LogP contribution < -0.4 is 5.32 Å². The van der Waals surface area contributed by atoms with Crippen molar-refractivity contribution in [1.29, 1.82) is 0 Å². The molecule has 78 valence electrons. The predicted octanol–water partition coefficient (Wildman–Crippen LogP) is 1.95. The fraction of sp³-hybridized carbons (Fsp3) is 0.500. The van der Waals surface area contributed by atoms with Gasteiger partial charge in [0.2, 0.25) is 0 Å². The van der Waals surface area contributed by atoms with E-state index in [0.717, 1.165) is 6.42 Å². The van der Waals surface area contributed by atoms with Crippen molar-refractivity contribution < 1.29 is 5.11 Å². The number of rotatable bonds is 4. The molecule has 0 fully saturated rings. The van der Waals surface area contributed by atoms with E-state index >= 15 is 0 Å². The number of aryl methyl sites for hydroxylation is 1. The number of hydrogen-bond acceptors (Lipinski definition) is 2. The lowest BCUT2D eigenvalue weighted by atomic mass is 9.96. The van der Waals surface area contributed by atoms with Crippen LogP contribution in [0.15, 0.2) is 18.2 Å². The van der Waals surface area contributed by atoms with Gasteiger partial charge in [0.05, 0.1) is 0 Å². The minimum absolute atomic E-state index is 0.221. The Morgan fingerprint density at radius 2 is 2.07 bits per heavy atom. The molecule has 0 saturated carbocycles. The Kier molecular flexibility index (Phi) is 4.11. The molecule has 2 heteroatoms. The van der Waals surface area contributed by atoms with Gasteiger partial charge in [-0.25, -0.2) is 0 Å². The van der Waals surface area contributed by atoms with Crippen molar-refractivity contribution in [1.82, 2.24) is 5.32 Å². The SMILES string of the molecule is CNC(CCO)c1cccc(C)c1C. The number of aliphatic hydroxyl groups excluding tert-OH is 1. The average molecular weight is 193 g/mol. The molecule has 0 aliphatic carbocycles. The first-order chi connectivity index (χ1) is 6.70. The van der Waals surface area contributed by atoms with Crippen molar-refractivity contribution >= 4 is 0 Å². The highest BCUT2D eigenvalue weighted by atomic mass is 16.3. The van der Waals surface area contributed by atoms with E-state index in [2.05, 4.69) is 37.4 Å². The Morgan fingerprint density at radius 3 is 2.64 bits per heavy atom. The fourth-order valence-corrected chi connectivity index (χ4v) is 1.74.